The van der Waals surface area contributed by atoms with E-state index in [4.69, 9.17) is 5.73 Å². The fourth-order valence-electron chi connectivity index (χ4n) is 3.32. The standard InChI is InChI=1S/C18H25N5O2S/c1-12(24)23-9-13(5-6-14(19)10-23)18(25)22(2)11-15-8-16(21-20-15)17-4-3-7-26-17/h3-4,7-8,13-14H,5-6,9-11,19H2,1-2H3,(H,20,21)/t13-,14+/m1/s1. The Morgan fingerprint density at radius 1 is 1.42 bits per heavy atom. The Hall–Kier alpha value is -2.19. The summed E-state index contributed by atoms with van der Waals surface area (Å²) in [5.41, 5.74) is 7.82. The minimum absolute atomic E-state index is 0.0306. The molecule has 7 nitrogen and oxygen atoms in total. The lowest BCUT2D eigenvalue weighted by atomic mass is 10.0. The predicted octanol–water partition coefficient (Wildman–Crippen LogP) is 1.68. The molecular weight excluding hydrogens is 350 g/mol. The van der Waals surface area contributed by atoms with Crippen LogP contribution < -0.4 is 5.73 Å². The summed E-state index contributed by atoms with van der Waals surface area (Å²) in [4.78, 5) is 29.1. The minimum Gasteiger partial charge on any atom is -0.341 e. The quantitative estimate of drug-likeness (QED) is 0.850. The SMILES string of the molecule is CC(=O)N1C[C@@H](N)CC[C@@H](C(=O)N(C)Cc2cc(-c3cccs3)n[nH]2)C1. The Kier molecular flexibility index (Phi) is 5.73. The summed E-state index contributed by atoms with van der Waals surface area (Å²) < 4.78 is 0. The highest BCUT2D eigenvalue weighted by Crippen LogP contribution is 2.24. The molecule has 140 valence electrons. The first-order chi connectivity index (χ1) is 12.4. The van der Waals surface area contributed by atoms with E-state index >= 15 is 0 Å². The van der Waals surface area contributed by atoms with Crippen molar-refractivity contribution in [3.63, 3.8) is 0 Å². The minimum atomic E-state index is -0.211. The van der Waals surface area contributed by atoms with Gasteiger partial charge in [0.25, 0.3) is 0 Å². The van der Waals surface area contributed by atoms with Crippen molar-refractivity contribution in [2.24, 2.45) is 11.7 Å². The Morgan fingerprint density at radius 2 is 2.23 bits per heavy atom. The lowest BCUT2D eigenvalue weighted by Gasteiger charge is -2.26. The van der Waals surface area contributed by atoms with Crippen molar-refractivity contribution >= 4 is 23.2 Å². The third-order valence-electron chi connectivity index (χ3n) is 4.76. The molecule has 1 saturated heterocycles. The molecule has 1 aliphatic rings. The second-order valence-corrected chi connectivity index (χ2v) is 7.86. The predicted molar refractivity (Wildman–Crippen MR) is 101 cm³/mol. The van der Waals surface area contributed by atoms with Gasteiger partial charge in [-0.1, -0.05) is 6.07 Å². The maximum absolute atomic E-state index is 12.9. The van der Waals surface area contributed by atoms with Gasteiger partial charge in [0.2, 0.25) is 11.8 Å². The third kappa shape index (κ3) is 4.31. The molecule has 2 aromatic heterocycles. The Morgan fingerprint density at radius 3 is 2.92 bits per heavy atom. The van der Waals surface area contributed by atoms with Crippen LogP contribution in [-0.2, 0) is 16.1 Å². The number of thiophene rings is 1. The van der Waals surface area contributed by atoms with Crippen molar-refractivity contribution in [3.8, 4) is 10.6 Å². The fourth-order valence-corrected chi connectivity index (χ4v) is 4.00. The zero-order valence-corrected chi connectivity index (χ0v) is 16.0. The van der Waals surface area contributed by atoms with Crippen LogP contribution in [0.4, 0.5) is 0 Å². The van der Waals surface area contributed by atoms with E-state index in [0.717, 1.165) is 22.7 Å². The molecular formula is C18H25N5O2S. The molecule has 3 rings (SSSR count). The number of carbonyl (C=O) groups excluding carboxylic acids is 2. The van der Waals surface area contributed by atoms with Crippen LogP contribution >= 0.6 is 11.3 Å². The van der Waals surface area contributed by atoms with Crippen molar-refractivity contribution in [2.45, 2.75) is 32.4 Å². The van der Waals surface area contributed by atoms with Gasteiger partial charge in [-0.2, -0.15) is 5.10 Å². The smallest absolute Gasteiger partial charge is 0.227 e. The molecule has 1 aliphatic heterocycles. The van der Waals surface area contributed by atoms with Gasteiger partial charge >= 0.3 is 0 Å². The van der Waals surface area contributed by atoms with E-state index in [-0.39, 0.29) is 23.8 Å². The van der Waals surface area contributed by atoms with Crippen LogP contribution in [-0.4, -0.2) is 58.0 Å². The Bertz CT molecular complexity index is 757. The van der Waals surface area contributed by atoms with E-state index in [0.29, 0.717) is 26.1 Å². The first kappa shape index (κ1) is 18.6. The molecule has 2 aromatic rings. The van der Waals surface area contributed by atoms with Gasteiger partial charge < -0.3 is 15.5 Å². The molecule has 0 bridgehead atoms. The van der Waals surface area contributed by atoms with Gasteiger partial charge in [-0.05, 0) is 30.4 Å². The van der Waals surface area contributed by atoms with Gasteiger partial charge in [0.1, 0.15) is 5.69 Å². The second-order valence-electron chi connectivity index (χ2n) is 6.91. The van der Waals surface area contributed by atoms with Crippen LogP contribution in [0.5, 0.6) is 0 Å². The molecule has 0 unspecified atom stereocenters. The molecule has 2 amide bonds. The number of aromatic amines is 1. The number of likely N-dealkylation sites (tertiary alicyclic amines) is 1. The lowest BCUT2D eigenvalue weighted by Crippen LogP contribution is -2.42. The molecule has 0 spiro atoms. The third-order valence-corrected chi connectivity index (χ3v) is 5.66. The number of carbonyl (C=O) groups is 2. The number of nitrogens with zero attached hydrogens (tertiary/aromatic N) is 3. The van der Waals surface area contributed by atoms with Crippen LogP contribution in [0.3, 0.4) is 0 Å². The molecule has 3 N–H and O–H groups in total. The first-order valence-corrected chi connectivity index (χ1v) is 9.66. The maximum atomic E-state index is 12.9. The molecule has 0 aromatic carbocycles. The molecule has 1 fully saturated rings. The van der Waals surface area contributed by atoms with Crippen molar-refractivity contribution in [2.75, 3.05) is 20.1 Å². The number of aromatic nitrogens is 2. The summed E-state index contributed by atoms with van der Waals surface area (Å²) in [6, 6.07) is 5.91. The summed E-state index contributed by atoms with van der Waals surface area (Å²) >= 11 is 1.63. The van der Waals surface area contributed by atoms with Gasteiger partial charge in [0.05, 0.1) is 23.0 Å². The van der Waals surface area contributed by atoms with Crippen molar-refractivity contribution in [1.82, 2.24) is 20.0 Å². The van der Waals surface area contributed by atoms with E-state index in [1.165, 1.54) is 6.92 Å². The molecule has 26 heavy (non-hydrogen) atoms. The topological polar surface area (TPSA) is 95.3 Å². The largest absolute Gasteiger partial charge is 0.341 e. The molecule has 3 heterocycles. The molecule has 8 heteroatoms. The molecule has 0 saturated carbocycles. The summed E-state index contributed by atoms with van der Waals surface area (Å²) in [5, 5.41) is 9.34. The van der Waals surface area contributed by atoms with Crippen LogP contribution in [0, 0.1) is 5.92 Å². The second kappa shape index (κ2) is 8.01. The average molecular weight is 375 g/mol. The number of rotatable bonds is 4. The zero-order valence-electron chi connectivity index (χ0n) is 15.1. The van der Waals surface area contributed by atoms with Crippen molar-refractivity contribution < 1.29 is 9.59 Å². The molecule has 2 atom stereocenters. The molecule has 0 aliphatic carbocycles. The Balaban J connectivity index is 1.64. The fraction of sp³-hybridized carbons (Fsp3) is 0.500. The van der Waals surface area contributed by atoms with Gasteiger partial charge in [0.15, 0.2) is 0 Å². The normalized spacial score (nSPS) is 20.7. The molecule has 0 radical (unpaired) electrons. The highest BCUT2D eigenvalue weighted by atomic mass is 32.1. The number of hydrogen-bond acceptors (Lipinski definition) is 5. The zero-order chi connectivity index (χ0) is 18.7. The Labute approximate surface area is 157 Å². The number of nitrogens with two attached hydrogens (primary N) is 1. The van der Waals surface area contributed by atoms with Gasteiger partial charge in [-0.15, -0.1) is 11.3 Å². The van der Waals surface area contributed by atoms with Crippen LogP contribution in [0.1, 0.15) is 25.5 Å². The summed E-state index contributed by atoms with van der Waals surface area (Å²) in [7, 11) is 1.79. The average Bonchev–Trinajstić information content (AvgIpc) is 3.24. The monoisotopic (exact) mass is 375 g/mol. The van der Waals surface area contributed by atoms with E-state index < -0.39 is 0 Å². The number of H-pyrrole nitrogens is 1. The summed E-state index contributed by atoms with van der Waals surface area (Å²) in [5.74, 6) is -0.202. The number of hydrogen-bond donors (Lipinski definition) is 2. The van der Waals surface area contributed by atoms with E-state index in [1.54, 1.807) is 28.2 Å². The summed E-state index contributed by atoms with van der Waals surface area (Å²) in [6.45, 7) is 2.95. The lowest BCUT2D eigenvalue weighted by molar-refractivity contribution is -0.137. The number of amides is 2. The van der Waals surface area contributed by atoms with Crippen LogP contribution in [0.25, 0.3) is 10.6 Å². The van der Waals surface area contributed by atoms with E-state index in [2.05, 4.69) is 10.2 Å². The maximum Gasteiger partial charge on any atom is 0.227 e. The highest BCUT2D eigenvalue weighted by molar-refractivity contribution is 7.13. The summed E-state index contributed by atoms with van der Waals surface area (Å²) in [6.07, 6.45) is 1.46. The number of nitrogens with one attached hydrogen (secondary N) is 1. The van der Waals surface area contributed by atoms with Crippen LogP contribution in [0.15, 0.2) is 23.6 Å². The highest BCUT2D eigenvalue weighted by Gasteiger charge is 2.30. The van der Waals surface area contributed by atoms with Gasteiger partial charge in [0, 0.05) is 33.1 Å². The van der Waals surface area contributed by atoms with Crippen LogP contribution in [0.2, 0.25) is 0 Å². The first-order valence-electron chi connectivity index (χ1n) is 8.78. The van der Waals surface area contributed by atoms with Gasteiger partial charge in [-0.3, -0.25) is 14.7 Å². The van der Waals surface area contributed by atoms with E-state index in [1.807, 2.05) is 23.6 Å². The van der Waals surface area contributed by atoms with Crippen molar-refractivity contribution in [1.29, 1.82) is 0 Å². The van der Waals surface area contributed by atoms with Crippen molar-refractivity contribution in [3.05, 3.63) is 29.3 Å². The van der Waals surface area contributed by atoms with E-state index in [9.17, 15) is 9.59 Å². The van der Waals surface area contributed by atoms with Gasteiger partial charge in [-0.25, -0.2) is 0 Å².